The number of hydrogen-bond acceptors (Lipinski definition) is 7. The fourth-order valence-electron chi connectivity index (χ4n) is 6.41. The van der Waals surface area contributed by atoms with Crippen LogP contribution in [-0.2, 0) is 19.7 Å². The van der Waals surface area contributed by atoms with Crippen LogP contribution in [0.3, 0.4) is 0 Å². The third kappa shape index (κ3) is 4.98. The molecule has 3 aromatic carbocycles. The first-order chi connectivity index (χ1) is 20.0. The SMILES string of the molecule is Cc1ccc(S(=O)(=O)Oc2ccc(C(=O)CN(C(=O)c3ccc(Cl)cc3)N3C(=O)[C@@H]4[C@H]5CC[C@@H](C5)[C@@H]4C3=O)cc2)cc1. The number of halogens is 1. The number of imide groups is 1. The molecule has 11 heteroatoms. The van der Waals surface area contributed by atoms with Crippen LogP contribution >= 0.6 is 11.6 Å². The standard InChI is InChI=1S/C31H27ClN2O7S/c1-18-2-14-25(15-3-18)42(39,40)41-24-12-8-19(9-13-24)26(35)17-33(29(36)20-6-10-23(32)11-7-20)34-30(37)27-21-4-5-22(16-21)28(27)31(34)38/h2-3,6-15,21-22,27-28H,4-5,16-17H2,1H3/t21-,22-,27-,28+/m0/s1. The van der Waals surface area contributed by atoms with Crippen LogP contribution in [-0.4, -0.2) is 48.5 Å². The van der Waals surface area contributed by atoms with E-state index in [0.29, 0.717) is 5.02 Å². The van der Waals surface area contributed by atoms with Crippen molar-refractivity contribution in [2.45, 2.75) is 31.1 Å². The molecule has 1 saturated heterocycles. The molecule has 216 valence electrons. The lowest BCUT2D eigenvalue weighted by Crippen LogP contribution is -2.52. The fourth-order valence-corrected chi connectivity index (χ4v) is 7.47. The van der Waals surface area contributed by atoms with E-state index in [4.69, 9.17) is 15.8 Å². The summed E-state index contributed by atoms with van der Waals surface area (Å²) in [6.07, 6.45) is 2.58. The van der Waals surface area contributed by atoms with Gasteiger partial charge in [0.2, 0.25) is 0 Å². The third-order valence-corrected chi connectivity index (χ3v) is 9.97. The Balaban J connectivity index is 1.24. The van der Waals surface area contributed by atoms with Crippen molar-refractivity contribution in [3.05, 3.63) is 94.5 Å². The van der Waals surface area contributed by atoms with Gasteiger partial charge in [-0.25, -0.2) is 5.01 Å². The van der Waals surface area contributed by atoms with E-state index in [0.717, 1.165) is 34.8 Å². The van der Waals surface area contributed by atoms with Crippen LogP contribution in [0.1, 0.15) is 45.5 Å². The van der Waals surface area contributed by atoms with Crippen molar-refractivity contribution < 1.29 is 31.8 Å². The summed E-state index contributed by atoms with van der Waals surface area (Å²) in [5.74, 6) is -2.87. The predicted octanol–water partition coefficient (Wildman–Crippen LogP) is 4.69. The zero-order valence-corrected chi connectivity index (χ0v) is 24.2. The molecule has 1 heterocycles. The Hall–Kier alpha value is -4.02. The molecule has 0 unspecified atom stereocenters. The lowest BCUT2D eigenvalue weighted by Gasteiger charge is -2.30. The molecule has 0 N–H and O–H groups in total. The van der Waals surface area contributed by atoms with Crippen LogP contribution < -0.4 is 4.18 Å². The highest BCUT2D eigenvalue weighted by Crippen LogP contribution is 2.56. The van der Waals surface area contributed by atoms with Crippen molar-refractivity contribution in [2.75, 3.05) is 6.54 Å². The maximum absolute atomic E-state index is 13.7. The van der Waals surface area contributed by atoms with E-state index < -0.39 is 52.0 Å². The number of amides is 3. The molecule has 3 aromatic rings. The summed E-state index contributed by atoms with van der Waals surface area (Å²) in [4.78, 5) is 54.2. The van der Waals surface area contributed by atoms with Crippen LogP contribution in [0.25, 0.3) is 0 Å². The van der Waals surface area contributed by atoms with Crippen molar-refractivity contribution in [1.82, 2.24) is 10.0 Å². The Morgan fingerprint density at radius 1 is 0.857 bits per heavy atom. The van der Waals surface area contributed by atoms with Gasteiger partial charge in [-0.15, -0.1) is 0 Å². The highest BCUT2D eigenvalue weighted by atomic mass is 35.5. The smallest absolute Gasteiger partial charge is 0.339 e. The number of hydrogen-bond donors (Lipinski definition) is 0. The number of ketones is 1. The van der Waals surface area contributed by atoms with E-state index >= 15 is 0 Å². The third-order valence-electron chi connectivity index (χ3n) is 8.46. The van der Waals surface area contributed by atoms with Gasteiger partial charge >= 0.3 is 10.1 Å². The van der Waals surface area contributed by atoms with Crippen LogP contribution in [0, 0.1) is 30.6 Å². The number of rotatable bonds is 8. The van der Waals surface area contributed by atoms with Gasteiger partial charge in [-0.1, -0.05) is 29.3 Å². The van der Waals surface area contributed by atoms with Crippen molar-refractivity contribution in [1.29, 1.82) is 0 Å². The van der Waals surface area contributed by atoms with Gasteiger partial charge in [-0.3, -0.25) is 19.2 Å². The molecule has 0 spiro atoms. The molecule has 9 nitrogen and oxygen atoms in total. The quantitative estimate of drug-likeness (QED) is 0.207. The number of carbonyl (C=O) groups is 4. The molecule has 2 aliphatic carbocycles. The minimum absolute atomic E-state index is 0.00517. The first-order valence-electron chi connectivity index (χ1n) is 13.6. The van der Waals surface area contributed by atoms with Gasteiger partial charge in [0.15, 0.2) is 5.78 Å². The molecule has 3 fully saturated rings. The van der Waals surface area contributed by atoms with Gasteiger partial charge in [0.05, 0.1) is 11.8 Å². The number of Topliss-reactive ketones (excluding diaryl/α,β-unsaturated/α-hetero) is 1. The Kier molecular flexibility index (Phi) is 7.14. The second-order valence-electron chi connectivity index (χ2n) is 11.0. The molecule has 1 aliphatic heterocycles. The first kappa shape index (κ1) is 28.1. The summed E-state index contributed by atoms with van der Waals surface area (Å²) in [6.45, 7) is 1.26. The number of benzene rings is 3. The summed E-state index contributed by atoms with van der Waals surface area (Å²) in [5, 5.41) is 2.21. The van der Waals surface area contributed by atoms with E-state index in [2.05, 4.69) is 0 Å². The summed E-state index contributed by atoms with van der Waals surface area (Å²) in [7, 11) is -4.09. The Bertz CT molecular complexity index is 1660. The molecular weight excluding hydrogens is 580 g/mol. The van der Waals surface area contributed by atoms with Crippen LogP contribution in [0.5, 0.6) is 5.75 Å². The van der Waals surface area contributed by atoms with Crippen LogP contribution in [0.15, 0.2) is 77.7 Å². The average molecular weight is 607 g/mol. The van der Waals surface area contributed by atoms with Gasteiger partial charge < -0.3 is 4.18 Å². The molecule has 2 bridgehead atoms. The van der Waals surface area contributed by atoms with E-state index in [-0.39, 0.29) is 33.6 Å². The summed E-state index contributed by atoms with van der Waals surface area (Å²) >= 11 is 5.99. The van der Waals surface area contributed by atoms with Gasteiger partial charge in [0.1, 0.15) is 17.2 Å². The van der Waals surface area contributed by atoms with Crippen LogP contribution in [0.2, 0.25) is 5.02 Å². The monoisotopic (exact) mass is 606 g/mol. The van der Waals surface area contributed by atoms with Crippen molar-refractivity contribution >= 4 is 45.2 Å². The number of carbonyl (C=O) groups excluding carboxylic acids is 4. The zero-order valence-electron chi connectivity index (χ0n) is 22.6. The maximum Gasteiger partial charge on any atom is 0.339 e. The van der Waals surface area contributed by atoms with Crippen molar-refractivity contribution in [3.8, 4) is 5.75 Å². The second kappa shape index (κ2) is 10.7. The lowest BCUT2D eigenvalue weighted by molar-refractivity contribution is -0.155. The highest BCUT2D eigenvalue weighted by molar-refractivity contribution is 7.87. The van der Waals surface area contributed by atoms with Gasteiger partial charge in [0, 0.05) is 16.1 Å². The fraction of sp³-hybridized carbons (Fsp3) is 0.290. The normalized spacial score (nSPS) is 22.8. The molecule has 2 saturated carbocycles. The Labute approximate surface area is 248 Å². The topological polar surface area (TPSA) is 118 Å². The van der Waals surface area contributed by atoms with Gasteiger partial charge in [0.25, 0.3) is 17.7 Å². The van der Waals surface area contributed by atoms with Gasteiger partial charge in [-0.05, 0) is 98.7 Å². The van der Waals surface area contributed by atoms with E-state index in [1.807, 2.05) is 6.92 Å². The zero-order chi connectivity index (χ0) is 29.8. The van der Waals surface area contributed by atoms with E-state index in [9.17, 15) is 27.6 Å². The molecular formula is C31H27ClN2O7S. The molecule has 42 heavy (non-hydrogen) atoms. The van der Waals surface area contributed by atoms with E-state index in [1.165, 1.54) is 60.7 Å². The van der Waals surface area contributed by atoms with Crippen molar-refractivity contribution in [3.63, 3.8) is 0 Å². The molecule has 3 amide bonds. The molecule has 0 aromatic heterocycles. The first-order valence-corrected chi connectivity index (χ1v) is 15.4. The number of hydrazine groups is 1. The minimum Gasteiger partial charge on any atom is -0.379 e. The highest BCUT2D eigenvalue weighted by Gasteiger charge is 2.62. The molecule has 6 rings (SSSR count). The molecule has 0 radical (unpaired) electrons. The molecule has 4 atom stereocenters. The Morgan fingerprint density at radius 3 is 1.98 bits per heavy atom. The largest absolute Gasteiger partial charge is 0.379 e. The predicted molar refractivity (Wildman–Crippen MR) is 152 cm³/mol. The average Bonchev–Trinajstić information content (AvgIpc) is 3.66. The maximum atomic E-state index is 13.7. The Morgan fingerprint density at radius 2 is 1.40 bits per heavy atom. The summed E-state index contributed by atoms with van der Waals surface area (Å²) in [5.41, 5.74) is 1.20. The minimum atomic E-state index is -4.09. The summed E-state index contributed by atoms with van der Waals surface area (Å²) < 4.78 is 30.5. The second-order valence-corrected chi connectivity index (χ2v) is 13.0. The van der Waals surface area contributed by atoms with E-state index in [1.54, 1.807) is 12.1 Å². The molecule has 3 aliphatic rings. The number of aryl methyl sites for hydroxylation is 1. The number of fused-ring (bicyclic) bond motifs is 5. The van der Waals surface area contributed by atoms with Crippen LogP contribution in [0.4, 0.5) is 0 Å². The number of nitrogens with zero attached hydrogens (tertiary/aromatic N) is 2. The summed E-state index contributed by atoms with van der Waals surface area (Å²) in [6, 6.07) is 17.6. The lowest BCUT2D eigenvalue weighted by atomic mass is 9.81. The van der Waals surface area contributed by atoms with Gasteiger partial charge in [-0.2, -0.15) is 13.4 Å². The van der Waals surface area contributed by atoms with Crippen molar-refractivity contribution in [2.24, 2.45) is 23.7 Å².